The third-order valence-corrected chi connectivity index (χ3v) is 4.67. The van der Waals surface area contributed by atoms with Crippen molar-refractivity contribution < 1.29 is 0 Å². The zero-order chi connectivity index (χ0) is 8.98. The summed E-state index contributed by atoms with van der Waals surface area (Å²) in [6, 6.07) is 0. The van der Waals surface area contributed by atoms with E-state index in [1.165, 1.54) is 18.6 Å². The number of nitrogens with zero attached hydrogens (tertiary/aromatic N) is 1. The summed E-state index contributed by atoms with van der Waals surface area (Å²) in [5.74, 6) is 6.24. The fourth-order valence-electron chi connectivity index (χ4n) is 3.12. The third-order valence-electron chi connectivity index (χ3n) is 4.67. The highest BCUT2D eigenvalue weighted by atomic mass is 15.1. The Balaban J connectivity index is 2.46. The molecular formula is C10H18N2. The van der Waals surface area contributed by atoms with Gasteiger partial charge in [0.15, 0.2) is 0 Å². The number of hydrogen-bond donors (Lipinski definition) is 1. The summed E-state index contributed by atoms with van der Waals surface area (Å²) in [5.41, 5.74) is 1.97. The SMILES string of the molecule is CC1(C)[C@@H]2CC[C@]1(C)/C(=N/N)C2. The first-order valence-electron chi connectivity index (χ1n) is 4.79. The minimum absolute atomic E-state index is 0.298. The molecule has 2 atom stereocenters. The van der Waals surface area contributed by atoms with E-state index in [2.05, 4.69) is 25.9 Å². The second-order valence-corrected chi connectivity index (χ2v) is 5.07. The van der Waals surface area contributed by atoms with Gasteiger partial charge in [-0.1, -0.05) is 20.8 Å². The molecule has 0 amide bonds. The fourth-order valence-corrected chi connectivity index (χ4v) is 3.12. The number of fused-ring (bicyclic) bond motifs is 2. The Morgan fingerprint density at radius 1 is 1.42 bits per heavy atom. The van der Waals surface area contributed by atoms with Gasteiger partial charge >= 0.3 is 0 Å². The highest BCUT2D eigenvalue weighted by molar-refractivity contribution is 5.94. The average molecular weight is 166 g/mol. The van der Waals surface area contributed by atoms with E-state index >= 15 is 0 Å². The standard InChI is InChI=1S/C10H18N2/c1-9(2)7-4-5-10(9,3)8(6-7)12-11/h7H,4-6,11H2,1-3H3/b12-8+/t7-,10-/m1/s1. The first kappa shape index (κ1) is 8.09. The van der Waals surface area contributed by atoms with Crippen LogP contribution in [0.5, 0.6) is 0 Å². The van der Waals surface area contributed by atoms with Crippen LogP contribution in [0.3, 0.4) is 0 Å². The van der Waals surface area contributed by atoms with Crippen molar-refractivity contribution in [1.82, 2.24) is 0 Å². The van der Waals surface area contributed by atoms with Crippen LogP contribution in [-0.2, 0) is 0 Å². The predicted octanol–water partition coefficient (Wildman–Crippen LogP) is 2.15. The zero-order valence-corrected chi connectivity index (χ0v) is 8.22. The molecule has 0 heterocycles. The fraction of sp³-hybridized carbons (Fsp3) is 0.900. The number of nitrogens with two attached hydrogens (primary N) is 1. The van der Waals surface area contributed by atoms with Crippen LogP contribution in [0.2, 0.25) is 0 Å². The lowest BCUT2D eigenvalue weighted by atomic mass is 9.70. The molecule has 2 bridgehead atoms. The molecule has 2 saturated carbocycles. The lowest BCUT2D eigenvalue weighted by molar-refractivity contribution is 0.194. The van der Waals surface area contributed by atoms with Gasteiger partial charge in [0.2, 0.25) is 0 Å². The van der Waals surface area contributed by atoms with Crippen molar-refractivity contribution in [3.05, 3.63) is 0 Å². The first-order valence-corrected chi connectivity index (χ1v) is 4.79. The van der Waals surface area contributed by atoms with E-state index in [-0.39, 0.29) is 0 Å². The Kier molecular flexibility index (Phi) is 1.37. The summed E-state index contributed by atoms with van der Waals surface area (Å²) in [7, 11) is 0. The quantitative estimate of drug-likeness (QED) is 0.434. The molecule has 68 valence electrons. The van der Waals surface area contributed by atoms with Crippen LogP contribution in [-0.4, -0.2) is 5.71 Å². The summed E-state index contributed by atoms with van der Waals surface area (Å²) in [6.07, 6.45) is 3.78. The van der Waals surface area contributed by atoms with Gasteiger partial charge < -0.3 is 5.84 Å². The molecule has 0 aromatic rings. The van der Waals surface area contributed by atoms with Crippen molar-refractivity contribution in [3.8, 4) is 0 Å². The van der Waals surface area contributed by atoms with Gasteiger partial charge in [0.05, 0.1) is 0 Å². The van der Waals surface area contributed by atoms with Crippen molar-refractivity contribution in [2.24, 2.45) is 27.7 Å². The van der Waals surface area contributed by atoms with Crippen molar-refractivity contribution >= 4 is 5.71 Å². The molecule has 12 heavy (non-hydrogen) atoms. The zero-order valence-electron chi connectivity index (χ0n) is 8.22. The second-order valence-electron chi connectivity index (χ2n) is 5.07. The Bertz CT molecular complexity index is 242. The van der Waals surface area contributed by atoms with Crippen LogP contribution >= 0.6 is 0 Å². The highest BCUT2D eigenvalue weighted by Crippen LogP contribution is 2.63. The van der Waals surface area contributed by atoms with Gasteiger partial charge in [-0.2, -0.15) is 5.10 Å². The number of hydrogen-bond acceptors (Lipinski definition) is 2. The molecular weight excluding hydrogens is 148 g/mol. The second kappa shape index (κ2) is 2.04. The van der Waals surface area contributed by atoms with Crippen molar-refractivity contribution in [3.63, 3.8) is 0 Å². The largest absolute Gasteiger partial charge is 0.323 e. The maximum Gasteiger partial charge on any atom is 0.0443 e. The predicted molar refractivity (Wildman–Crippen MR) is 50.9 cm³/mol. The Hall–Kier alpha value is -0.530. The van der Waals surface area contributed by atoms with E-state index in [0.717, 1.165) is 12.3 Å². The number of hydrazone groups is 1. The Morgan fingerprint density at radius 3 is 2.33 bits per heavy atom. The lowest BCUT2D eigenvalue weighted by Crippen LogP contribution is -2.33. The van der Waals surface area contributed by atoms with Gasteiger partial charge in [-0.15, -0.1) is 0 Å². The first-order chi connectivity index (χ1) is 5.52. The maximum absolute atomic E-state index is 5.41. The summed E-state index contributed by atoms with van der Waals surface area (Å²) in [4.78, 5) is 0. The maximum atomic E-state index is 5.41. The van der Waals surface area contributed by atoms with E-state index in [4.69, 9.17) is 5.84 Å². The number of rotatable bonds is 0. The van der Waals surface area contributed by atoms with E-state index in [9.17, 15) is 0 Å². The third kappa shape index (κ3) is 0.644. The van der Waals surface area contributed by atoms with Gasteiger partial charge in [-0.3, -0.25) is 0 Å². The Labute approximate surface area is 74.2 Å². The molecule has 2 rings (SSSR count). The topological polar surface area (TPSA) is 38.4 Å². The molecule has 2 N–H and O–H groups in total. The highest BCUT2D eigenvalue weighted by Gasteiger charge is 2.59. The molecule has 2 heteroatoms. The van der Waals surface area contributed by atoms with Crippen LogP contribution < -0.4 is 5.84 Å². The molecule has 0 aliphatic heterocycles. The molecule has 2 aliphatic rings. The molecule has 0 radical (unpaired) electrons. The van der Waals surface area contributed by atoms with Crippen molar-refractivity contribution in [2.45, 2.75) is 40.0 Å². The minimum atomic E-state index is 0.298. The molecule has 2 aliphatic carbocycles. The van der Waals surface area contributed by atoms with Gasteiger partial charge in [0.25, 0.3) is 0 Å². The monoisotopic (exact) mass is 166 g/mol. The van der Waals surface area contributed by atoms with Crippen molar-refractivity contribution in [2.75, 3.05) is 0 Å². The summed E-state index contributed by atoms with van der Waals surface area (Å²) in [6.45, 7) is 7.05. The smallest absolute Gasteiger partial charge is 0.0443 e. The Morgan fingerprint density at radius 2 is 2.08 bits per heavy atom. The van der Waals surface area contributed by atoms with Crippen LogP contribution in [0.15, 0.2) is 5.10 Å². The molecule has 0 saturated heterocycles. The molecule has 0 spiro atoms. The van der Waals surface area contributed by atoms with E-state index in [1.54, 1.807) is 0 Å². The summed E-state index contributed by atoms with van der Waals surface area (Å²) in [5, 5.41) is 3.95. The van der Waals surface area contributed by atoms with Gasteiger partial charge in [-0.25, -0.2) is 0 Å². The molecule has 0 aromatic heterocycles. The van der Waals surface area contributed by atoms with Gasteiger partial charge in [-0.05, 0) is 30.6 Å². The normalized spacial score (nSPS) is 47.2. The lowest BCUT2D eigenvalue weighted by Gasteiger charge is -2.34. The molecule has 0 aromatic carbocycles. The van der Waals surface area contributed by atoms with E-state index in [0.29, 0.717) is 10.8 Å². The van der Waals surface area contributed by atoms with Crippen LogP contribution in [0.25, 0.3) is 0 Å². The molecule has 2 nitrogen and oxygen atoms in total. The van der Waals surface area contributed by atoms with E-state index in [1.807, 2.05) is 0 Å². The van der Waals surface area contributed by atoms with E-state index < -0.39 is 0 Å². The van der Waals surface area contributed by atoms with Crippen molar-refractivity contribution in [1.29, 1.82) is 0 Å². The van der Waals surface area contributed by atoms with Crippen LogP contribution in [0, 0.1) is 16.7 Å². The van der Waals surface area contributed by atoms with Gasteiger partial charge in [0, 0.05) is 11.1 Å². The van der Waals surface area contributed by atoms with Crippen LogP contribution in [0.1, 0.15) is 40.0 Å². The summed E-state index contributed by atoms with van der Waals surface area (Å²) < 4.78 is 0. The van der Waals surface area contributed by atoms with Crippen LogP contribution in [0.4, 0.5) is 0 Å². The molecule has 2 fully saturated rings. The molecule has 0 unspecified atom stereocenters. The summed E-state index contributed by atoms with van der Waals surface area (Å²) >= 11 is 0. The average Bonchev–Trinajstić information content (AvgIpc) is 2.34. The van der Waals surface area contributed by atoms with Gasteiger partial charge in [0.1, 0.15) is 0 Å². The minimum Gasteiger partial charge on any atom is -0.323 e.